The predicted octanol–water partition coefficient (Wildman–Crippen LogP) is 2.13. The summed E-state index contributed by atoms with van der Waals surface area (Å²) in [5.41, 5.74) is 1.18. The third kappa shape index (κ3) is 4.69. The number of aryl methyl sites for hydroxylation is 1. The van der Waals surface area contributed by atoms with Crippen LogP contribution in [0.25, 0.3) is 0 Å². The van der Waals surface area contributed by atoms with Crippen LogP contribution in [0.1, 0.15) is 66.7 Å². The summed E-state index contributed by atoms with van der Waals surface area (Å²) in [6, 6.07) is -0.321. The van der Waals surface area contributed by atoms with Crippen LogP contribution >= 0.6 is 0 Å². The van der Waals surface area contributed by atoms with Crippen LogP contribution in [-0.4, -0.2) is 38.9 Å². The highest BCUT2D eigenvalue weighted by atomic mass is 16.2. The van der Waals surface area contributed by atoms with Crippen LogP contribution in [-0.2, 0) is 0 Å². The lowest BCUT2D eigenvalue weighted by Gasteiger charge is -2.25. The number of H-pyrrole nitrogens is 1. The normalized spacial score (nSPS) is 16.3. The predicted molar refractivity (Wildman–Crippen MR) is 103 cm³/mol. The van der Waals surface area contributed by atoms with Crippen LogP contribution < -0.4 is 15.8 Å². The van der Waals surface area contributed by atoms with E-state index in [2.05, 4.69) is 30.2 Å². The monoisotopic (exact) mass is 370 g/mol. The van der Waals surface area contributed by atoms with Crippen molar-refractivity contribution in [2.45, 2.75) is 52.0 Å². The molecule has 0 saturated carbocycles. The van der Waals surface area contributed by atoms with Crippen LogP contribution in [0.5, 0.6) is 0 Å². The van der Waals surface area contributed by atoms with E-state index in [1.54, 1.807) is 6.20 Å². The zero-order chi connectivity index (χ0) is 19.2. The largest absolute Gasteiger partial charge is 0.345 e. The first-order chi connectivity index (χ1) is 13.1. The van der Waals surface area contributed by atoms with Gasteiger partial charge < -0.3 is 15.2 Å². The van der Waals surface area contributed by atoms with E-state index < -0.39 is 11.5 Å². The Hall–Kier alpha value is -2.77. The fraction of sp³-hybridized carbons (Fsp3) is 0.526. The molecule has 0 aromatic carbocycles. The molecule has 2 N–H and O–H groups in total. The van der Waals surface area contributed by atoms with Crippen molar-refractivity contribution < 1.29 is 4.79 Å². The minimum absolute atomic E-state index is 0.0137. The van der Waals surface area contributed by atoms with E-state index in [0.717, 1.165) is 43.1 Å². The van der Waals surface area contributed by atoms with Crippen molar-refractivity contribution in [2.75, 3.05) is 18.0 Å². The molecule has 144 valence electrons. The van der Waals surface area contributed by atoms with Crippen LogP contribution in [0.2, 0.25) is 0 Å². The van der Waals surface area contributed by atoms with Gasteiger partial charge in [-0.15, -0.1) is 0 Å². The highest BCUT2D eigenvalue weighted by Crippen LogP contribution is 2.20. The molecule has 1 aliphatic rings. The Morgan fingerprint density at radius 2 is 1.89 bits per heavy atom. The standard InChI is InChI=1S/C19H26N6O2/c1-13(23-18(27)16-10-20-12-22-17(16)26)15-11-21-19(24-14(15)2)25-8-6-4-3-5-7-9-25/h10-13H,3-9H2,1-2H3,(H,23,27)(H,20,22,26)/t13-/m0/s1. The molecule has 2 aromatic rings. The highest BCUT2D eigenvalue weighted by molar-refractivity contribution is 5.93. The first-order valence-corrected chi connectivity index (χ1v) is 9.48. The quantitative estimate of drug-likeness (QED) is 0.854. The molecule has 1 fully saturated rings. The van der Waals surface area contributed by atoms with E-state index in [9.17, 15) is 9.59 Å². The van der Waals surface area contributed by atoms with Gasteiger partial charge in [-0.25, -0.2) is 15.0 Å². The van der Waals surface area contributed by atoms with Gasteiger partial charge in [0.1, 0.15) is 5.56 Å². The maximum Gasteiger partial charge on any atom is 0.263 e. The lowest BCUT2D eigenvalue weighted by atomic mass is 10.1. The average molecular weight is 370 g/mol. The number of aromatic amines is 1. The molecule has 3 rings (SSSR count). The summed E-state index contributed by atoms with van der Waals surface area (Å²) >= 11 is 0. The Kier molecular flexibility index (Phi) is 6.16. The van der Waals surface area contributed by atoms with Crippen molar-refractivity contribution in [1.82, 2.24) is 25.3 Å². The lowest BCUT2D eigenvalue weighted by molar-refractivity contribution is 0.0937. The molecular weight excluding hydrogens is 344 g/mol. The Morgan fingerprint density at radius 1 is 1.19 bits per heavy atom. The van der Waals surface area contributed by atoms with Gasteiger partial charge in [0.15, 0.2) is 0 Å². The van der Waals surface area contributed by atoms with E-state index in [4.69, 9.17) is 0 Å². The van der Waals surface area contributed by atoms with Crippen LogP contribution in [0.3, 0.4) is 0 Å². The van der Waals surface area contributed by atoms with E-state index in [1.165, 1.54) is 31.8 Å². The van der Waals surface area contributed by atoms with Crippen molar-refractivity contribution in [3.63, 3.8) is 0 Å². The van der Waals surface area contributed by atoms with E-state index in [0.29, 0.717) is 0 Å². The van der Waals surface area contributed by atoms with Gasteiger partial charge in [-0.2, -0.15) is 0 Å². The first kappa shape index (κ1) is 19.0. The molecule has 1 amide bonds. The molecule has 8 nitrogen and oxygen atoms in total. The van der Waals surface area contributed by atoms with Crippen LogP contribution in [0.4, 0.5) is 5.95 Å². The second kappa shape index (κ2) is 8.75. The summed E-state index contributed by atoms with van der Waals surface area (Å²) in [6.07, 6.45) is 10.4. The van der Waals surface area contributed by atoms with Gasteiger partial charge in [-0.3, -0.25) is 9.59 Å². The maximum absolute atomic E-state index is 12.3. The molecule has 2 aromatic heterocycles. The van der Waals surface area contributed by atoms with Gasteiger partial charge in [0.2, 0.25) is 5.95 Å². The van der Waals surface area contributed by atoms with Gasteiger partial charge >= 0.3 is 0 Å². The highest BCUT2D eigenvalue weighted by Gasteiger charge is 2.18. The van der Waals surface area contributed by atoms with Crippen molar-refractivity contribution in [2.24, 2.45) is 0 Å². The second-order valence-corrected chi connectivity index (χ2v) is 6.96. The number of carbonyl (C=O) groups excluding carboxylic acids is 1. The zero-order valence-corrected chi connectivity index (χ0v) is 15.9. The number of amides is 1. The van der Waals surface area contributed by atoms with Crippen molar-refractivity contribution in [1.29, 1.82) is 0 Å². The summed E-state index contributed by atoms with van der Waals surface area (Å²) < 4.78 is 0. The third-order valence-electron chi connectivity index (χ3n) is 4.92. The average Bonchev–Trinajstić information content (AvgIpc) is 2.61. The summed E-state index contributed by atoms with van der Waals surface area (Å²) in [5.74, 6) is 0.282. The second-order valence-electron chi connectivity index (χ2n) is 6.96. The molecule has 1 atom stereocenters. The topological polar surface area (TPSA) is 104 Å². The van der Waals surface area contributed by atoms with E-state index in [-0.39, 0.29) is 11.6 Å². The van der Waals surface area contributed by atoms with Gasteiger partial charge in [0.25, 0.3) is 11.5 Å². The van der Waals surface area contributed by atoms with Crippen molar-refractivity contribution in [3.05, 3.63) is 45.9 Å². The number of carbonyl (C=O) groups is 1. The zero-order valence-electron chi connectivity index (χ0n) is 15.9. The number of anilines is 1. The molecule has 0 radical (unpaired) electrons. The fourth-order valence-electron chi connectivity index (χ4n) is 3.35. The molecule has 3 heterocycles. The molecule has 1 saturated heterocycles. The molecular formula is C19H26N6O2. The third-order valence-corrected chi connectivity index (χ3v) is 4.92. The molecule has 8 heteroatoms. The Balaban J connectivity index is 1.72. The number of nitrogens with one attached hydrogen (secondary N) is 2. The van der Waals surface area contributed by atoms with Gasteiger partial charge in [-0.1, -0.05) is 19.3 Å². The Morgan fingerprint density at radius 3 is 2.56 bits per heavy atom. The lowest BCUT2D eigenvalue weighted by Crippen LogP contribution is -2.32. The summed E-state index contributed by atoms with van der Waals surface area (Å²) in [7, 11) is 0. The fourth-order valence-corrected chi connectivity index (χ4v) is 3.35. The number of nitrogens with zero attached hydrogens (tertiary/aromatic N) is 4. The number of hydrogen-bond acceptors (Lipinski definition) is 6. The molecule has 0 spiro atoms. The minimum Gasteiger partial charge on any atom is -0.345 e. The number of hydrogen-bond donors (Lipinski definition) is 2. The molecule has 0 aliphatic carbocycles. The van der Waals surface area contributed by atoms with Gasteiger partial charge in [-0.05, 0) is 26.7 Å². The van der Waals surface area contributed by atoms with Crippen molar-refractivity contribution >= 4 is 11.9 Å². The molecule has 0 unspecified atom stereocenters. The van der Waals surface area contributed by atoms with Crippen LogP contribution in [0, 0.1) is 6.92 Å². The van der Waals surface area contributed by atoms with E-state index >= 15 is 0 Å². The van der Waals surface area contributed by atoms with Gasteiger partial charge in [0.05, 0.1) is 12.4 Å². The molecule has 27 heavy (non-hydrogen) atoms. The first-order valence-electron chi connectivity index (χ1n) is 9.48. The number of rotatable bonds is 4. The summed E-state index contributed by atoms with van der Waals surface area (Å²) in [4.78, 5) is 41.7. The molecule has 0 bridgehead atoms. The smallest absolute Gasteiger partial charge is 0.263 e. The minimum atomic E-state index is -0.468. The SMILES string of the molecule is Cc1nc(N2CCCCCCC2)ncc1[C@H](C)NC(=O)c1cnc[nH]c1=O. The number of aromatic nitrogens is 4. The Bertz CT molecular complexity index is 842. The van der Waals surface area contributed by atoms with Crippen LogP contribution in [0.15, 0.2) is 23.5 Å². The van der Waals surface area contributed by atoms with Gasteiger partial charge in [0, 0.05) is 36.7 Å². The summed E-state index contributed by atoms with van der Waals surface area (Å²) in [5, 5.41) is 2.82. The Labute approximate surface area is 158 Å². The summed E-state index contributed by atoms with van der Waals surface area (Å²) in [6.45, 7) is 5.73. The van der Waals surface area contributed by atoms with Crippen molar-refractivity contribution in [3.8, 4) is 0 Å². The maximum atomic E-state index is 12.3. The molecule has 1 aliphatic heterocycles. The van der Waals surface area contributed by atoms with E-state index in [1.807, 2.05) is 13.8 Å².